The summed E-state index contributed by atoms with van der Waals surface area (Å²) in [6.07, 6.45) is 0. The fraction of sp³-hybridized carbons (Fsp3) is 0.250. The van der Waals surface area contributed by atoms with Gasteiger partial charge in [-0.1, -0.05) is 12.1 Å². The topological polar surface area (TPSA) is 49.3 Å². The summed E-state index contributed by atoms with van der Waals surface area (Å²) in [6.45, 7) is 4.56. The largest absolute Gasteiger partial charge is 0.352 e. The van der Waals surface area contributed by atoms with Gasteiger partial charge in [0.05, 0.1) is 16.7 Å². The van der Waals surface area contributed by atoms with E-state index in [0.717, 1.165) is 22.5 Å². The van der Waals surface area contributed by atoms with Gasteiger partial charge in [-0.25, -0.2) is 14.4 Å². The van der Waals surface area contributed by atoms with Crippen LogP contribution in [0.2, 0.25) is 0 Å². The fourth-order valence-corrected chi connectivity index (χ4v) is 3.27. The Labute approximate surface area is 151 Å². The number of nitrogens with zero attached hydrogens (tertiary/aromatic N) is 4. The molecule has 5 nitrogen and oxygen atoms in total. The summed E-state index contributed by atoms with van der Waals surface area (Å²) >= 11 is 0. The molecule has 0 aliphatic carbocycles. The molecule has 0 bridgehead atoms. The highest BCUT2D eigenvalue weighted by atomic mass is 19.1. The van der Waals surface area contributed by atoms with E-state index < -0.39 is 0 Å². The Morgan fingerprint density at radius 3 is 2.19 bits per heavy atom. The summed E-state index contributed by atoms with van der Waals surface area (Å²) in [5.41, 5.74) is 3.17. The molecule has 1 saturated heterocycles. The van der Waals surface area contributed by atoms with Crippen LogP contribution in [0.3, 0.4) is 0 Å². The molecule has 6 heteroatoms. The third-order valence-corrected chi connectivity index (χ3v) is 4.68. The Balaban J connectivity index is 1.49. The molecule has 0 unspecified atom stereocenters. The van der Waals surface area contributed by atoms with E-state index >= 15 is 0 Å². The van der Waals surface area contributed by atoms with E-state index in [9.17, 15) is 9.18 Å². The quantitative estimate of drug-likeness (QED) is 0.713. The van der Waals surface area contributed by atoms with E-state index in [0.29, 0.717) is 31.7 Å². The second-order valence-electron chi connectivity index (χ2n) is 6.41. The number of amides is 1. The molecular weight excluding hydrogens is 331 g/mol. The van der Waals surface area contributed by atoms with Crippen molar-refractivity contribution in [2.24, 2.45) is 0 Å². The van der Waals surface area contributed by atoms with Gasteiger partial charge in [-0.3, -0.25) is 4.79 Å². The molecule has 2 aromatic carbocycles. The van der Waals surface area contributed by atoms with Gasteiger partial charge in [-0.2, -0.15) is 0 Å². The number of hydrogen-bond acceptors (Lipinski definition) is 4. The van der Waals surface area contributed by atoms with Crippen LogP contribution in [-0.4, -0.2) is 47.0 Å². The van der Waals surface area contributed by atoms with Gasteiger partial charge in [0.1, 0.15) is 5.82 Å². The van der Waals surface area contributed by atoms with Gasteiger partial charge >= 0.3 is 0 Å². The number of anilines is 1. The number of benzene rings is 2. The Bertz CT molecular complexity index is 950. The van der Waals surface area contributed by atoms with Gasteiger partial charge < -0.3 is 9.80 Å². The maximum absolute atomic E-state index is 13.0. The van der Waals surface area contributed by atoms with Crippen molar-refractivity contribution in [3.63, 3.8) is 0 Å². The van der Waals surface area contributed by atoms with E-state index in [2.05, 4.69) is 9.88 Å². The van der Waals surface area contributed by atoms with Crippen LogP contribution in [0.1, 0.15) is 16.1 Å². The standard InChI is InChI=1S/C20H19FN4O/c1-14-19(23-18-5-3-2-4-17(18)22-14)24-10-12-25(13-11-24)20(26)15-6-8-16(21)9-7-15/h2-9H,10-13H2,1H3. The Morgan fingerprint density at radius 2 is 1.54 bits per heavy atom. The summed E-state index contributed by atoms with van der Waals surface area (Å²) < 4.78 is 13.0. The number of hydrogen-bond donors (Lipinski definition) is 0. The second-order valence-corrected chi connectivity index (χ2v) is 6.41. The summed E-state index contributed by atoms with van der Waals surface area (Å²) in [4.78, 5) is 25.9. The minimum Gasteiger partial charge on any atom is -0.352 e. The molecule has 1 amide bonds. The van der Waals surface area contributed by atoms with E-state index in [4.69, 9.17) is 4.98 Å². The lowest BCUT2D eigenvalue weighted by molar-refractivity contribution is 0.0746. The van der Waals surface area contributed by atoms with E-state index in [1.165, 1.54) is 24.3 Å². The molecule has 132 valence electrons. The number of para-hydroxylation sites is 2. The monoisotopic (exact) mass is 350 g/mol. The third kappa shape index (κ3) is 3.10. The maximum Gasteiger partial charge on any atom is 0.253 e. The van der Waals surface area contributed by atoms with Crippen molar-refractivity contribution < 1.29 is 9.18 Å². The molecule has 1 fully saturated rings. The van der Waals surface area contributed by atoms with E-state index in [1.54, 1.807) is 4.90 Å². The smallest absolute Gasteiger partial charge is 0.253 e. The molecule has 1 aromatic heterocycles. The first-order valence-corrected chi connectivity index (χ1v) is 8.65. The summed E-state index contributed by atoms with van der Waals surface area (Å²) in [6, 6.07) is 13.5. The number of halogens is 1. The fourth-order valence-electron chi connectivity index (χ4n) is 3.27. The average molecular weight is 350 g/mol. The van der Waals surface area contributed by atoms with E-state index in [1.807, 2.05) is 31.2 Å². The van der Waals surface area contributed by atoms with Gasteiger partial charge in [0.15, 0.2) is 5.82 Å². The first-order valence-electron chi connectivity index (χ1n) is 8.65. The Kier molecular flexibility index (Phi) is 4.24. The summed E-state index contributed by atoms with van der Waals surface area (Å²) in [5, 5.41) is 0. The predicted molar refractivity (Wildman–Crippen MR) is 98.8 cm³/mol. The molecule has 0 atom stereocenters. The lowest BCUT2D eigenvalue weighted by Crippen LogP contribution is -2.49. The van der Waals surface area contributed by atoms with Gasteiger partial charge in [0, 0.05) is 31.7 Å². The molecule has 4 rings (SSSR count). The number of aromatic nitrogens is 2. The molecule has 2 heterocycles. The van der Waals surface area contributed by atoms with Crippen LogP contribution >= 0.6 is 0 Å². The number of piperazine rings is 1. The Hall–Kier alpha value is -3.02. The highest BCUT2D eigenvalue weighted by Crippen LogP contribution is 2.21. The molecule has 0 radical (unpaired) electrons. The first-order chi connectivity index (χ1) is 12.6. The molecule has 1 aliphatic heterocycles. The highest BCUT2D eigenvalue weighted by molar-refractivity contribution is 5.94. The molecule has 1 aliphatic rings. The number of carbonyl (C=O) groups is 1. The summed E-state index contributed by atoms with van der Waals surface area (Å²) in [5.74, 6) is 0.472. The number of aryl methyl sites for hydroxylation is 1. The van der Waals surface area contributed by atoms with Crippen molar-refractivity contribution in [2.45, 2.75) is 6.92 Å². The molecular formula is C20H19FN4O. The van der Waals surface area contributed by atoms with Crippen LogP contribution in [-0.2, 0) is 0 Å². The van der Waals surface area contributed by atoms with E-state index in [-0.39, 0.29) is 11.7 Å². The molecule has 26 heavy (non-hydrogen) atoms. The minimum absolute atomic E-state index is 0.0639. The van der Waals surface area contributed by atoms with Crippen LogP contribution in [0, 0.1) is 12.7 Å². The SMILES string of the molecule is Cc1nc2ccccc2nc1N1CCN(C(=O)c2ccc(F)cc2)CC1. The number of fused-ring (bicyclic) bond motifs is 1. The van der Waals surface area contributed by atoms with Crippen molar-refractivity contribution in [3.8, 4) is 0 Å². The lowest BCUT2D eigenvalue weighted by Gasteiger charge is -2.36. The molecule has 0 N–H and O–H groups in total. The Morgan fingerprint density at radius 1 is 0.923 bits per heavy atom. The normalized spacial score (nSPS) is 14.7. The molecule has 0 spiro atoms. The van der Waals surface area contributed by atoms with Crippen LogP contribution < -0.4 is 4.90 Å². The van der Waals surface area contributed by atoms with Crippen molar-refractivity contribution in [2.75, 3.05) is 31.1 Å². The average Bonchev–Trinajstić information content (AvgIpc) is 2.68. The van der Waals surface area contributed by atoms with Gasteiger partial charge in [0.25, 0.3) is 5.91 Å². The van der Waals surface area contributed by atoms with Gasteiger partial charge in [-0.15, -0.1) is 0 Å². The van der Waals surface area contributed by atoms with Crippen LogP contribution in [0.25, 0.3) is 11.0 Å². The predicted octanol–water partition coefficient (Wildman–Crippen LogP) is 3.04. The van der Waals surface area contributed by atoms with Gasteiger partial charge in [0.2, 0.25) is 0 Å². The zero-order valence-corrected chi connectivity index (χ0v) is 14.5. The maximum atomic E-state index is 13.0. The van der Waals surface area contributed by atoms with Crippen LogP contribution in [0.5, 0.6) is 0 Å². The third-order valence-electron chi connectivity index (χ3n) is 4.68. The zero-order valence-electron chi connectivity index (χ0n) is 14.5. The minimum atomic E-state index is -0.336. The van der Waals surface area contributed by atoms with Crippen molar-refractivity contribution in [1.82, 2.24) is 14.9 Å². The highest BCUT2D eigenvalue weighted by Gasteiger charge is 2.24. The summed E-state index contributed by atoms with van der Waals surface area (Å²) in [7, 11) is 0. The van der Waals surface area contributed by atoms with Crippen molar-refractivity contribution in [1.29, 1.82) is 0 Å². The number of carbonyl (C=O) groups excluding carboxylic acids is 1. The number of rotatable bonds is 2. The molecule has 3 aromatic rings. The second kappa shape index (κ2) is 6.71. The van der Waals surface area contributed by atoms with Crippen molar-refractivity contribution >= 4 is 22.8 Å². The van der Waals surface area contributed by atoms with Crippen LogP contribution in [0.4, 0.5) is 10.2 Å². The van der Waals surface area contributed by atoms with Gasteiger partial charge in [-0.05, 0) is 43.3 Å². The lowest BCUT2D eigenvalue weighted by atomic mass is 10.1. The zero-order chi connectivity index (χ0) is 18.1. The van der Waals surface area contributed by atoms with Crippen molar-refractivity contribution in [3.05, 3.63) is 65.6 Å². The molecule has 0 saturated carbocycles. The van der Waals surface area contributed by atoms with Crippen LogP contribution in [0.15, 0.2) is 48.5 Å². The first kappa shape index (κ1) is 16.4.